The summed E-state index contributed by atoms with van der Waals surface area (Å²) in [6.07, 6.45) is 4.65. The fourth-order valence-electron chi connectivity index (χ4n) is 6.11. The quantitative estimate of drug-likeness (QED) is 0.271. The lowest BCUT2D eigenvalue weighted by Crippen LogP contribution is -2.55. The first-order valence-electron chi connectivity index (χ1n) is 13.7. The lowest BCUT2D eigenvalue weighted by Gasteiger charge is -2.42. The van der Waals surface area contributed by atoms with Crippen molar-refractivity contribution in [3.8, 4) is 23.3 Å². The minimum Gasteiger partial charge on any atom is -0.366 e. The van der Waals surface area contributed by atoms with E-state index in [1.807, 2.05) is 4.90 Å². The van der Waals surface area contributed by atoms with Crippen molar-refractivity contribution in [3.05, 3.63) is 88.0 Å². The van der Waals surface area contributed by atoms with E-state index in [1.54, 1.807) is 38.7 Å². The first-order valence-corrected chi connectivity index (χ1v) is 15.1. The van der Waals surface area contributed by atoms with Gasteiger partial charge in [0, 0.05) is 65.3 Å². The smallest absolute Gasteiger partial charge is 0.271 e. The average molecular weight is 632 g/mol. The van der Waals surface area contributed by atoms with Crippen LogP contribution in [-0.4, -0.2) is 56.6 Å². The molecule has 13 heteroatoms. The van der Waals surface area contributed by atoms with Gasteiger partial charge < -0.3 is 14.4 Å². The van der Waals surface area contributed by atoms with Gasteiger partial charge in [0.25, 0.3) is 5.56 Å². The molecule has 2 aliphatic rings. The number of hydrogen-bond donors (Lipinski definition) is 0. The molecule has 2 aromatic carbocycles. The van der Waals surface area contributed by atoms with Gasteiger partial charge in [-0.25, -0.2) is 8.78 Å². The average Bonchev–Trinajstić information content (AvgIpc) is 3.52. The van der Waals surface area contributed by atoms with Crippen LogP contribution in [0.3, 0.4) is 0 Å². The minimum absolute atomic E-state index is 0.0365. The number of amides is 1. The highest BCUT2D eigenvalue weighted by atomic mass is 35.5. The van der Waals surface area contributed by atoms with Crippen LogP contribution in [0, 0.1) is 34.3 Å². The highest BCUT2D eigenvalue weighted by Crippen LogP contribution is 2.49. The zero-order chi connectivity index (χ0) is 31.1. The number of aromatic nitrogens is 3. The first kappa shape index (κ1) is 29.4. The Morgan fingerprint density at radius 2 is 2.05 bits per heavy atom. The first-order chi connectivity index (χ1) is 21.3. The standard InChI is InChI=1S/C31H24ClF2N7O2S/c1-2-26(42)40-11-10-38(15-19(40)6-7-35)28-22-13-24(32)27(21-5-4-18(33)12-25(21)34)30-29(22)41(31(43)23(28)14-36)20(17-44-30)16-39-9-3-8-37-39/h2-5,8-9,12-13,19-20H,1,6,10-11,15-17H2/t19-,20?/m0/s1. The van der Waals surface area contributed by atoms with E-state index in [-0.39, 0.29) is 48.1 Å². The summed E-state index contributed by atoms with van der Waals surface area (Å²) >= 11 is 8.28. The number of benzene rings is 2. The van der Waals surface area contributed by atoms with E-state index in [9.17, 15) is 24.5 Å². The highest BCUT2D eigenvalue weighted by Gasteiger charge is 2.36. The van der Waals surface area contributed by atoms with Gasteiger partial charge in [-0.05, 0) is 30.3 Å². The Bertz CT molecular complexity index is 1970. The van der Waals surface area contributed by atoms with E-state index in [1.165, 1.54) is 23.9 Å². The van der Waals surface area contributed by atoms with Gasteiger partial charge >= 0.3 is 0 Å². The van der Waals surface area contributed by atoms with E-state index in [2.05, 4.69) is 23.8 Å². The third-order valence-corrected chi connectivity index (χ3v) is 9.55. The fourth-order valence-corrected chi connectivity index (χ4v) is 7.80. The number of nitriles is 2. The van der Waals surface area contributed by atoms with Gasteiger partial charge in [-0.3, -0.25) is 14.3 Å². The summed E-state index contributed by atoms with van der Waals surface area (Å²) in [5.74, 6) is -1.45. The lowest BCUT2D eigenvalue weighted by molar-refractivity contribution is -0.128. The summed E-state index contributed by atoms with van der Waals surface area (Å²) in [5.41, 5.74) is 0.599. The molecule has 1 unspecified atom stereocenters. The van der Waals surface area contributed by atoms with Crippen LogP contribution in [-0.2, 0) is 11.3 Å². The number of thioether (sulfide) groups is 1. The van der Waals surface area contributed by atoms with Gasteiger partial charge in [0.05, 0.1) is 47.3 Å². The zero-order valence-electron chi connectivity index (χ0n) is 23.2. The molecule has 222 valence electrons. The minimum atomic E-state index is -0.799. The van der Waals surface area contributed by atoms with Crippen molar-refractivity contribution in [2.24, 2.45) is 0 Å². The molecule has 44 heavy (non-hydrogen) atoms. The van der Waals surface area contributed by atoms with Gasteiger partial charge in [-0.1, -0.05) is 18.2 Å². The number of anilines is 1. The summed E-state index contributed by atoms with van der Waals surface area (Å²) in [6, 6.07) is 9.95. The predicted molar refractivity (Wildman–Crippen MR) is 163 cm³/mol. The molecule has 1 saturated heterocycles. The molecule has 0 bridgehead atoms. The van der Waals surface area contributed by atoms with E-state index < -0.39 is 29.3 Å². The Hall–Kier alpha value is -4.65. The Kier molecular flexibility index (Phi) is 7.89. The van der Waals surface area contributed by atoms with Gasteiger partial charge in [-0.2, -0.15) is 15.6 Å². The molecule has 0 N–H and O–H groups in total. The van der Waals surface area contributed by atoms with Crippen LogP contribution < -0.4 is 10.5 Å². The summed E-state index contributed by atoms with van der Waals surface area (Å²) in [7, 11) is 0. The zero-order valence-corrected chi connectivity index (χ0v) is 24.8. The van der Waals surface area contributed by atoms with Crippen molar-refractivity contribution in [3.63, 3.8) is 0 Å². The van der Waals surface area contributed by atoms with Crippen LogP contribution in [0.4, 0.5) is 14.5 Å². The molecule has 0 aliphatic carbocycles. The maximum Gasteiger partial charge on any atom is 0.271 e. The Balaban J connectivity index is 1.62. The highest BCUT2D eigenvalue weighted by molar-refractivity contribution is 7.99. The second-order valence-corrected chi connectivity index (χ2v) is 11.9. The molecule has 2 aliphatic heterocycles. The Morgan fingerprint density at radius 3 is 2.73 bits per heavy atom. The van der Waals surface area contributed by atoms with Crippen molar-refractivity contribution in [1.29, 1.82) is 10.5 Å². The molecule has 4 aromatic rings. The molecular formula is C31H24ClF2N7O2S. The predicted octanol–water partition coefficient (Wildman–Crippen LogP) is 5.13. The van der Waals surface area contributed by atoms with Crippen molar-refractivity contribution < 1.29 is 13.6 Å². The van der Waals surface area contributed by atoms with Crippen LogP contribution in [0.1, 0.15) is 18.0 Å². The van der Waals surface area contributed by atoms with Gasteiger partial charge in [0.15, 0.2) is 0 Å². The van der Waals surface area contributed by atoms with Gasteiger partial charge in [-0.15, -0.1) is 11.8 Å². The summed E-state index contributed by atoms with van der Waals surface area (Å²) in [4.78, 5) is 30.8. The topological polar surface area (TPSA) is 111 Å². The van der Waals surface area contributed by atoms with Crippen LogP contribution in [0.15, 0.2) is 65.1 Å². The number of hydrogen-bond acceptors (Lipinski definition) is 7. The summed E-state index contributed by atoms with van der Waals surface area (Å²) < 4.78 is 32.3. The number of nitrogens with zero attached hydrogens (tertiary/aromatic N) is 7. The number of rotatable bonds is 6. The molecule has 1 amide bonds. The van der Waals surface area contributed by atoms with Crippen LogP contribution in [0.2, 0.25) is 5.02 Å². The van der Waals surface area contributed by atoms with E-state index in [0.717, 1.165) is 12.1 Å². The second-order valence-electron chi connectivity index (χ2n) is 10.5. The van der Waals surface area contributed by atoms with Crippen molar-refractivity contribution >= 4 is 45.9 Å². The summed E-state index contributed by atoms with van der Waals surface area (Å²) in [5, 5.41) is 24.9. The molecule has 0 saturated carbocycles. The van der Waals surface area contributed by atoms with E-state index >= 15 is 4.39 Å². The molecule has 2 atom stereocenters. The second kappa shape index (κ2) is 11.8. The molecule has 4 heterocycles. The third-order valence-electron chi connectivity index (χ3n) is 8.01. The molecule has 1 fully saturated rings. The largest absolute Gasteiger partial charge is 0.366 e. The Morgan fingerprint density at radius 1 is 1.23 bits per heavy atom. The molecule has 0 spiro atoms. The number of piperazine rings is 1. The van der Waals surface area contributed by atoms with Crippen LogP contribution in [0.25, 0.3) is 22.0 Å². The van der Waals surface area contributed by atoms with Crippen LogP contribution in [0.5, 0.6) is 0 Å². The normalized spacial score (nSPS) is 17.8. The van der Waals surface area contributed by atoms with Gasteiger partial charge in [0.2, 0.25) is 5.91 Å². The maximum atomic E-state index is 15.2. The number of halogens is 3. The number of carbonyl (C=O) groups is 1. The Labute approximate surface area is 260 Å². The lowest BCUT2D eigenvalue weighted by atomic mass is 9.98. The summed E-state index contributed by atoms with van der Waals surface area (Å²) in [6.45, 7) is 4.61. The fraction of sp³-hybridized carbons (Fsp3) is 0.258. The van der Waals surface area contributed by atoms with E-state index in [0.29, 0.717) is 39.3 Å². The monoisotopic (exact) mass is 631 g/mol. The van der Waals surface area contributed by atoms with Crippen LogP contribution >= 0.6 is 23.4 Å². The maximum absolute atomic E-state index is 15.2. The van der Waals surface area contributed by atoms with Crippen molar-refractivity contribution in [2.75, 3.05) is 30.3 Å². The molecule has 6 rings (SSSR count). The van der Waals surface area contributed by atoms with E-state index in [4.69, 9.17) is 11.6 Å². The molecule has 9 nitrogen and oxygen atoms in total. The number of pyridine rings is 1. The molecule has 2 aromatic heterocycles. The number of carbonyl (C=O) groups excluding carboxylic acids is 1. The van der Waals surface area contributed by atoms with Crippen molar-refractivity contribution in [1.82, 2.24) is 19.2 Å². The van der Waals surface area contributed by atoms with Gasteiger partial charge in [0.1, 0.15) is 23.3 Å². The SMILES string of the molecule is C=CC(=O)N1CCN(c2c(C#N)c(=O)n3c4c(c(-c5ccc(F)cc5F)c(Cl)cc24)SCC3Cn2cccn2)C[C@@H]1CC#N. The third kappa shape index (κ3) is 4.90. The molecule has 0 radical (unpaired) electrons. The molecular weight excluding hydrogens is 608 g/mol. The van der Waals surface area contributed by atoms with Crippen molar-refractivity contribution in [2.45, 2.75) is 29.9 Å².